The molecule has 0 radical (unpaired) electrons. The Hall–Kier alpha value is -2.33. The van der Waals surface area contributed by atoms with Crippen LogP contribution in [0.5, 0.6) is 5.75 Å². The van der Waals surface area contributed by atoms with Crippen LogP contribution in [0.1, 0.15) is 30.1 Å². The zero-order valence-corrected chi connectivity index (χ0v) is 12.1. The smallest absolute Gasteiger partial charge is 0.325 e. The van der Waals surface area contributed by atoms with E-state index in [0.717, 1.165) is 16.9 Å². The number of para-hydroxylation sites is 1. The molecule has 4 heteroatoms. The van der Waals surface area contributed by atoms with Gasteiger partial charge < -0.3 is 9.84 Å². The maximum Gasteiger partial charge on any atom is 0.325 e. The number of rotatable bonds is 6. The van der Waals surface area contributed by atoms with Crippen molar-refractivity contribution in [1.29, 1.82) is 0 Å². The first kappa shape index (κ1) is 15.1. The second-order valence-electron chi connectivity index (χ2n) is 4.81. The summed E-state index contributed by atoms with van der Waals surface area (Å²) in [6.45, 7) is 1.93. The van der Waals surface area contributed by atoms with Crippen LogP contribution in [0.15, 0.2) is 54.6 Å². The normalized spacial score (nSPS) is 13.4. The lowest BCUT2D eigenvalue weighted by atomic mass is 10.0. The van der Waals surface area contributed by atoms with Gasteiger partial charge in [-0.15, -0.1) is 0 Å². The van der Waals surface area contributed by atoms with Gasteiger partial charge in [0.15, 0.2) is 0 Å². The maximum absolute atomic E-state index is 11.5. The lowest BCUT2D eigenvalue weighted by Gasteiger charge is -2.22. The first-order valence-electron chi connectivity index (χ1n) is 6.80. The zero-order chi connectivity index (χ0) is 15.2. The van der Waals surface area contributed by atoms with E-state index < -0.39 is 12.0 Å². The van der Waals surface area contributed by atoms with Gasteiger partial charge in [0.25, 0.3) is 0 Å². The molecule has 0 aliphatic carbocycles. The lowest BCUT2D eigenvalue weighted by molar-refractivity contribution is -0.139. The Labute approximate surface area is 124 Å². The number of carboxylic acid groups (broad SMARTS) is 1. The first-order valence-corrected chi connectivity index (χ1v) is 6.80. The molecule has 2 rings (SSSR count). The molecule has 0 bridgehead atoms. The van der Waals surface area contributed by atoms with Gasteiger partial charge in [0.2, 0.25) is 0 Å². The number of methoxy groups -OCH3 is 1. The fourth-order valence-corrected chi connectivity index (χ4v) is 2.32. The summed E-state index contributed by atoms with van der Waals surface area (Å²) < 4.78 is 5.33. The molecule has 0 heterocycles. The van der Waals surface area contributed by atoms with Crippen LogP contribution in [0, 0.1) is 0 Å². The number of carboxylic acids is 1. The topological polar surface area (TPSA) is 58.6 Å². The summed E-state index contributed by atoms with van der Waals surface area (Å²) in [5.41, 5.74) is 1.66. The Kier molecular flexibility index (Phi) is 4.95. The number of aliphatic carboxylic acids is 1. The van der Waals surface area contributed by atoms with E-state index in [-0.39, 0.29) is 6.04 Å². The highest BCUT2D eigenvalue weighted by molar-refractivity contribution is 5.75. The van der Waals surface area contributed by atoms with Crippen molar-refractivity contribution in [3.8, 4) is 5.75 Å². The maximum atomic E-state index is 11.5. The van der Waals surface area contributed by atoms with Gasteiger partial charge in [-0.05, 0) is 18.6 Å². The van der Waals surface area contributed by atoms with E-state index in [1.807, 2.05) is 49.4 Å². The van der Waals surface area contributed by atoms with Crippen LogP contribution in [0.4, 0.5) is 0 Å². The van der Waals surface area contributed by atoms with Crippen LogP contribution < -0.4 is 10.1 Å². The summed E-state index contributed by atoms with van der Waals surface area (Å²) in [6, 6.07) is 15.8. The van der Waals surface area contributed by atoms with E-state index in [0.29, 0.717) is 0 Å². The van der Waals surface area contributed by atoms with Crippen LogP contribution in [0.2, 0.25) is 0 Å². The van der Waals surface area contributed by atoms with Crippen molar-refractivity contribution >= 4 is 5.97 Å². The summed E-state index contributed by atoms with van der Waals surface area (Å²) in [5.74, 6) is -0.155. The van der Waals surface area contributed by atoms with Crippen LogP contribution >= 0.6 is 0 Å². The Morgan fingerprint density at radius 2 is 1.71 bits per heavy atom. The molecule has 0 saturated carbocycles. The number of ether oxygens (including phenoxy) is 1. The number of nitrogens with one attached hydrogen (secondary N) is 1. The minimum absolute atomic E-state index is 0.151. The van der Waals surface area contributed by atoms with Crippen molar-refractivity contribution < 1.29 is 14.6 Å². The minimum Gasteiger partial charge on any atom is -0.496 e. The zero-order valence-electron chi connectivity index (χ0n) is 12.1. The molecule has 0 aliphatic rings. The van der Waals surface area contributed by atoms with Crippen LogP contribution in [-0.4, -0.2) is 18.2 Å². The summed E-state index contributed by atoms with van der Waals surface area (Å²) >= 11 is 0. The highest BCUT2D eigenvalue weighted by Gasteiger charge is 2.23. The largest absolute Gasteiger partial charge is 0.496 e. The first-order chi connectivity index (χ1) is 10.1. The fourth-order valence-electron chi connectivity index (χ4n) is 2.32. The highest BCUT2D eigenvalue weighted by atomic mass is 16.5. The van der Waals surface area contributed by atoms with Gasteiger partial charge >= 0.3 is 5.97 Å². The molecule has 4 nitrogen and oxygen atoms in total. The third-order valence-electron chi connectivity index (χ3n) is 3.40. The van der Waals surface area contributed by atoms with Crippen LogP contribution in [0.25, 0.3) is 0 Å². The van der Waals surface area contributed by atoms with E-state index >= 15 is 0 Å². The average Bonchev–Trinajstić information content (AvgIpc) is 2.52. The molecule has 2 aromatic carbocycles. The van der Waals surface area contributed by atoms with Crippen LogP contribution in [0.3, 0.4) is 0 Å². The van der Waals surface area contributed by atoms with E-state index in [2.05, 4.69) is 5.32 Å². The van der Waals surface area contributed by atoms with Crippen molar-refractivity contribution in [2.24, 2.45) is 0 Å². The molecule has 110 valence electrons. The molecule has 0 fully saturated rings. The number of benzene rings is 2. The molecular formula is C17H19NO3. The molecular weight excluding hydrogens is 266 g/mol. The van der Waals surface area contributed by atoms with Gasteiger partial charge in [0, 0.05) is 11.6 Å². The Morgan fingerprint density at radius 3 is 2.33 bits per heavy atom. The monoisotopic (exact) mass is 285 g/mol. The Balaban J connectivity index is 2.23. The van der Waals surface area contributed by atoms with E-state index in [1.54, 1.807) is 19.2 Å². The second-order valence-corrected chi connectivity index (χ2v) is 4.81. The standard InChI is InChI=1S/C17H19NO3/c1-12(14-10-6-7-11-15(14)21-2)18-16(17(19)20)13-8-4-3-5-9-13/h3-12,16,18H,1-2H3,(H,19,20). The van der Waals surface area contributed by atoms with E-state index in [4.69, 9.17) is 4.74 Å². The fraction of sp³-hybridized carbons (Fsp3) is 0.235. The van der Waals surface area contributed by atoms with Crippen molar-refractivity contribution in [1.82, 2.24) is 5.32 Å². The van der Waals surface area contributed by atoms with Gasteiger partial charge in [0.05, 0.1) is 7.11 Å². The van der Waals surface area contributed by atoms with Crippen molar-refractivity contribution in [3.05, 3.63) is 65.7 Å². The van der Waals surface area contributed by atoms with Gasteiger partial charge in [0.1, 0.15) is 11.8 Å². The third-order valence-corrected chi connectivity index (χ3v) is 3.40. The molecule has 0 saturated heterocycles. The van der Waals surface area contributed by atoms with Crippen molar-refractivity contribution in [3.63, 3.8) is 0 Å². The number of hydrogen-bond donors (Lipinski definition) is 2. The van der Waals surface area contributed by atoms with Crippen molar-refractivity contribution in [2.45, 2.75) is 19.0 Å². The van der Waals surface area contributed by atoms with Gasteiger partial charge in [-0.3, -0.25) is 10.1 Å². The molecule has 0 aromatic heterocycles. The molecule has 0 amide bonds. The van der Waals surface area contributed by atoms with E-state index in [9.17, 15) is 9.90 Å². The second kappa shape index (κ2) is 6.90. The van der Waals surface area contributed by atoms with Gasteiger partial charge in [-0.25, -0.2) is 0 Å². The molecule has 0 aliphatic heterocycles. The highest BCUT2D eigenvalue weighted by Crippen LogP contribution is 2.27. The summed E-state index contributed by atoms with van der Waals surface area (Å²) in [5, 5.41) is 12.6. The number of carbonyl (C=O) groups is 1. The number of hydrogen-bond acceptors (Lipinski definition) is 3. The van der Waals surface area contributed by atoms with E-state index in [1.165, 1.54) is 0 Å². The predicted molar refractivity (Wildman–Crippen MR) is 81.4 cm³/mol. The summed E-state index contributed by atoms with van der Waals surface area (Å²) in [6.07, 6.45) is 0. The molecule has 2 atom stereocenters. The quantitative estimate of drug-likeness (QED) is 0.856. The van der Waals surface area contributed by atoms with Gasteiger partial charge in [-0.2, -0.15) is 0 Å². The molecule has 21 heavy (non-hydrogen) atoms. The van der Waals surface area contributed by atoms with Crippen LogP contribution in [-0.2, 0) is 4.79 Å². The lowest BCUT2D eigenvalue weighted by Crippen LogP contribution is -2.30. The Morgan fingerprint density at radius 1 is 1.10 bits per heavy atom. The summed E-state index contributed by atoms with van der Waals surface area (Å²) in [7, 11) is 1.61. The summed E-state index contributed by atoms with van der Waals surface area (Å²) in [4.78, 5) is 11.5. The molecule has 2 aromatic rings. The Bertz CT molecular complexity index is 598. The SMILES string of the molecule is COc1ccccc1C(C)NC(C(=O)O)c1ccccc1. The molecule has 2 N–H and O–H groups in total. The predicted octanol–water partition coefficient (Wildman–Crippen LogP) is 3.17. The van der Waals surface area contributed by atoms with Crippen molar-refractivity contribution in [2.75, 3.05) is 7.11 Å². The molecule has 2 unspecified atom stereocenters. The minimum atomic E-state index is -0.900. The van der Waals surface area contributed by atoms with Gasteiger partial charge in [-0.1, -0.05) is 48.5 Å². The average molecular weight is 285 g/mol. The molecule has 0 spiro atoms. The third kappa shape index (κ3) is 3.61.